The lowest BCUT2D eigenvalue weighted by molar-refractivity contribution is -0.0957. The van der Waals surface area contributed by atoms with Gasteiger partial charge in [-0.1, -0.05) is 6.08 Å². The van der Waals surface area contributed by atoms with E-state index in [1.807, 2.05) is 0 Å². The lowest BCUT2D eigenvalue weighted by atomic mass is 10.1. The van der Waals surface area contributed by atoms with Crippen molar-refractivity contribution in [3.8, 4) is 0 Å². The van der Waals surface area contributed by atoms with Crippen molar-refractivity contribution in [2.24, 2.45) is 0 Å². The Balaban J connectivity index is 2.05. The number of aromatic nitrogens is 3. The van der Waals surface area contributed by atoms with Crippen LogP contribution in [0.15, 0.2) is 18.0 Å². The third kappa shape index (κ3) is 2.45. The fourth-order valence-electron chi connectivity index (χ4n) is 1.57. The van der Waals surface area contributed by atoms with Crippen LogP contribution in [-0.2, 0) is 0 Å². The van der Waals surface area contributed by atoms with Crippen LogP contribution in [0.4, 0.5) is 13.2 Å². The van der Waals surface area contributed by atoms with Gasteiger partial charge in [0, 0.05) is 18.7 Å². The number of alkyl halides is 3. The molecule has 1 aliphatic heterocycles. The summed E-state index contributed by atoms with van der Waals surface area (Å²) in [6.07, 6.45) is -2.29. The minimum atomic E-state index is -4.30. The van der Waals surface area contributed by atoms with Gasteiger partial charge in [0.2, 0.25) is 5.82 Å². The van der Waals surface area contributed by atoms with Crippen LogP contribution < -0.4 is 0 Å². The van der Waals surface area contributed by atoms with E-state index in [4.69, 9.17) is 0 Å². The SMILES string of the molecule is O=C(c1ncn[nH]1)N1CC=C(C(F)(F)F)CC1. The van der Waals surface area contributed by atoms with Crippen LogP contribution in [0.2, 0.25) is 0 Å². The zero-order valence-electron chi connectivity index (χ0n) is 8.66. The summed E-state index contributed by atoms with van der Waals surface area (Å²) in [5.74, 6) is -0.408. The molecule has 1 aromatic heterocycles. The maximum absolute atomic E-state index is 12.3. The van der Waals surface area contributed by atoms with Gasteiger partial charge in [0.1, 0.15) is 6.33 Å². The van der Waals surface area contributed by atoms with Gasteiger partial charge in [-0.05, 0) is 6.42 Å². The average molecular weight is 246 g/mol. The first kappa shape index (κ1) is 11.6. The van der Waals surface area contributed by atoms with E-state index in [-0.39, 0.29) is 25.3 Å². The number of amides is 1. The van der Waals surface area contributed by atoms with E-state index in [1.165, 1.54) is 11.2 Å². The predicted octanol–water partition coefficient (Wildman–Crippen LogP) is 1.14. The molecule has 92 valence electrons. The monoisotopic (exact) mass is 246 g/mol. The van der Waals surface area contributed by atoms with Crippen molar-refractivity contribution in [3.05, 3.63) is 23.8 Å². The van der Waals surface area contributed by atoms with E-state index in [1.54, 1.807) is 0 Å². The predicted molar refractivity (Wildman–Crippen MR) is 51.0 cm³/mol. The summed E-state index contributed by atoms with van der Waals surface area (Å²) in [6, 6.07) is 0. The van der Waals surface area contributed by atoms with Gasteiger partial charge in [0.05, 0.1) is 0 Å². The smallest absolute Gasteiger partial charge is 0.332 e. The Morgan fingerprint density at radius 3 is 2.71 bits per heavy atom. The van der Waals surface area contributed by atoms with Crippen molar-refractivity contribution in [2.45, 2.75) is 12.6 Å². The molecular formula is C9H9F3N4O. The Labute approximate surface area is 94.3 Å². The maximum Gasteiger partial charge on any atom is 0.412 e. The molecule has 17 heavy (non-hydrogen) atoms. The zero-order chi connectivity index (χ0) is 12.5. The molecule has 2 rings (SSSR count). The summed E-state index contributed by atoms with van der Waals surface area (Å²) in [6.45, 7) is -0.0285. The minimum absolute atomic E-state index is 0.0326. The van der Waals surface area contributed by atoms with Crippen molar-refractivity contribution >= 4 is 5.91 Å². The van der Waals surface area contributed by atoms with Gasteiger partial charge in [-0.15, -0.1) is 0 Å². The number of aromatic amines is 1. The van der Waals surface area contributed by atoms with E-state index < -0.39 is 17.7 Å². The number of rotatable bonds is 1. The van der Waals surface area contributed by atoms with Crippen molar-refractivity contribution < 1.29 is 18.0 Å². The normalized spacial score (nSPS) is 16.9. The molecular weight excluding hydrogens is 237 g/mol. The van der Waals surface area contributed by atoms with Crippen LogP contribution in [0.3, 0.4) is 0 Å². The molecule has 0 saturated heterocycles. The van der Waals surface area contributed by atoms with Crippen molar-refractivity contribution in [3.63, 3.8) is 0 Å². The Morgan fingerprint density at radius 1 is 1.47 bits per heavy atom. The number of hydrogen-bond acceptors (Lipinski definition) is 3. The van der Waals surface area contributed by atoms with Crippen LogP contribution in [0, 0.1) is 0 Å². The number of halogens is 3. The van der Waals surface area contributed by atoms with Crippen LogP contribution in [0.25, 0.3) is 0 Å². The third-order valence-corrected chi connectivity index (χ3v) is 2.48. The summed E-state index contributed by atoms with van der Waals surface area (Å²) >= 11 is 0. The molecule has 0 atom stereocenters. The molecule has 0 aromatic carbocycles. The van der Waals surface area contributed by atoms with Crippen LogP contribution in [0.1, 0.15) is 17.0 Å². The van der Waals surface area contributed by atoms with Gasteiger partial charge in [0.25, 0.3) is 5.91 Å². The molecule has 0 radical (unpaired) electrons. The van der Waals surface area contributed by atoms with Crippen LogP contribution >= 0.6 is 0 Å². The molecule has 0 saturated carbocycles. The number of nitrogens with zero attached hydrogens (tertiary/aromatic N) is 3. The minimum Gasteiger partial charge on any atom is -0.332 e. The maximum atomic E-state index is 12.3. The standard InChI is InChI=1S/C9H9F3N4O/c10-9(11,12)6-1-3-16(4-2-6)8(17)7-13-5-14-15-7/h1,5H,2-4H2,(H,13,14,15). The second-order valence-corrected chi connectivity index (χ2v) is 3.56. The van der Waals surface area contributed by atoms with Gasteiger partial charge >= 0.3 is 6.18 Å². The summed E-state index contributed by atoms with van der Waals surface area (Å²) in [5.41, 5.74) is -0.584. The first-order chi connectivity index (χ1) is 7.98. The fourth-order valence-corrected chi connectivity index (χ4v) is 1.57. The molecule has 1 N–H and O–H groups in total. The molecule has 0 unspecified atom stereocenters. The van der Waals surface area contributed by atoms with Gasteiger partial charge in [-0.3, -0.25) is 9.89 Å². The largest absolute Gasteiger partial charge is 0.412 e. The van der Waals surface area contributed by atoms with Crippen LogP contribution in [0.5, 0.6) is 0 Å². The summed E-state index contributed by atoms with van der Waals surface area (Å²) in [5, 5.41) is 5.89. The van der Waals surface area contributed by atoms with Gasteiger partial charge in [0.15, 0.2) is 0 Å². The summed E-state index contributed by atoms with van der Waals surface area (Å²) in [4.78, 5) is 16.6. The topological polar surface area (TPSA) is 61.9 Å². The highest BCUT2D eigenvalue weighted by Crippen LogP contribution is 2.30. The molecule has 5 nitrogen and oxygen atoms in total. The van der Waals surface area contributed by atoms with Gasteiger partial charge in [-0.2, -0.15) is 18.3 Å². The number of hydrogen-bond donors (Lipinski definition) is 1. The highest BCUT2D eigenvalue weighted by Gasteiger charge is 2.35. The molecule has 1 amide bonds. The highest BCUT2D eigenvalue weighted by atomic mass is 19.4. The first-order valence-corrected chi connectivity index (χ1v) is 4.89. The third-order valence-electron chi connectivity index (χ3n) is 2.48. The highest BCUT2D eigenvalue weighted by molar-refractivity contribution is 5.90. The average Bonchev–Trinajstić information content (AvgIpc) is 2.80. The molecule has 0 spiro atoms. The van der Waals surface area contributed by atoms with E-state index >= 15 is 0 Å². The van der Waals surface area contributed by atoms with Crippen molar-refractivity contribution in [1.29, 1.82) is 0 Å². The van der Waals surface area contributed by atoms with E-state index in [9.17, 15) is 18.0 Å². The van der Waals surface area contributed by atoms with Crippen LogP contribution in [-0.4, -0.2) is 45.3 Å². The Hall–Kier alpha value is -1.86. The molecule has 0 bridgehead atoms. The Morgan fingerprint density at radius 2 is 2.24 bits per heavy atom. The fraction of sp³-hybridized carbons (Fsp3) is 0.444. The van der Waals surface area contributed by atoms with Crippen molar-refractivity contribution in [2.75, 3.05) is 13.1 Å². The van der Waals surface area contributed by atoms with E-state index in [2.05, 4.69) is 15.2 Å². The lowest BCUT2D eigenvalue weighted by Gasteiger charge is -2.26. The number of carbonyl (C=O) groups is 1. The molecule has 0 fully saturated rings. The van der Waals surface area contributed by atoms with Gasteiger partial charge < -0.3 is 4.90 Å². The Kier molecular flexibility index (Phi) is 2.86. The summed E-state index contributed by atoms with van der Waals surface area (Å²) < 4.78 is 37.0. The zero-order valence-corrected chi connectivity index (χ0v) is 8.66. The second kappa shape index (κ2) is 4.19. The Bertz CT molecular complexity index is 438. The molecule has 8 heteroatoms. The summed E-state index contributed by atoms with van der Waals surface area (Å²) in [7, 11) is 0. The number of H-pyrrole nitrogens is 1. The molecule has 1 aliphatic rings. The van der Waals surface area contributed by atoms with E-state index in [0.29, 0.717) is 0 Å². The van der Waals surface area contributed by atoms with Gasteiger partial charge in [-0.25, -0.2) is 4.98 Å². The number of nitrogens with one attached hydrogen (secondary N) is 1. The lowest BCUT2D eigenvalue weighted by Crippen LogP contribution is -2.37. The molecule has 1 aromatic rings. The quantitative estimate of drug-likeness (QED) is 0.756. The van der Waals surface area contributed by atoms with Crippen molar-refractivity contribution in [1.82, 2.24) is 20.1 Å². The first-order valence-electron chi connectivity index (χ1n) is 4.89. The molecule has 2 heterocycles. The molecule has 0 aliphatic carbocycles. The van der Waals surface area contributed by atoms with E-state index in [0.717, 1.165) is 6.08 Å². The second-order valence-electron chi connectivity index (χ2n) is 3.56. The number of carbonyl (C=O) groups excluding carboxylic acids is 1.